The van der Waals surface area contributed by atoms with Crippen molar-refractivity contribution >= 4 is 51.4 Å². The van der Waals surface area contributed by atoms with Crippen LogP contribution in [0.25, 0.3) is 0 Å². The van der Waals surface area contributed by atoms with Gasteiger partial charge in [0.1, 0.15) is 0 Å². The fourth-order valence-corrected chi connectivity index (χ4v) is 1.73. The van der Waals surface area contributed by atoms with Crippen molar-refractivity contribution in [3.05, 3.63) is 0 Å². The zero-order valence-corrected chi connectivity index (χ0v) is 8.86. The van der Waals surface area contributed by atoms with Crippen LogP contribution in [0.15, 0.2) is 0 Å². The molecule has 0 bridgehead atoms. The Kier molecular flexibility index (Phi) is 5.15. The van der Waals surface area contributed by atoms with E-state index < -0.39 is 41.7 Å². The minimum atomic E-state index is -7.11. The zero-order valence-electron chi connectivity index (χ0n) is 8.86. The van der Waals surface area contributed by atoms with Crippen LogP contribution in [0, 0.1) is 0 Å². The third-order valence-electron chi connectivity index (χ3n) is 3.06. The molecule has 0 aromatic rings. The third-order valence-corrected chi connectivity index (χ3v) is 3.06. The second-order valence-electron chi connectivity index (χ2n) is 4.03. The van der Waals surface area contributed by atoms with E-state index in [0.717, 1.165) is 0 Å². The molecule has 20 heavy (non-hydrogen) atoms. The molecule has 1 aliphatic carbocycles. The SMILES string of the molecule is CCC1(F)C(F)(F)C(F)(F)C(F)(F)C(F)(F)C1(F)F.[KH]. The summed E-state index contributed by atoms with van der Waals surface area (Å²) in [5, 5.41) is 0. The molecule has 0 nitrogen and oxygen atoms in total. The second-order valence-corrected chi connectivity index (χ2v) is 4.03. The molecule has 116 valence electrons. The van der Waals surface area contributed by atoms with Crippen LogP contribution in [0.3, 0.4) is 0 Å². The van der Waals surface area contributed by atoms with E-state index in [9.17, 15) is 48.3 Å². The van der Waals surface area contributed by atoms with Gasteiger partial charge in [0.15, 0.2) is 0 Å². The van der Waals surface area contributed by atoms with Crippen LogP contribution < -0.4 is 0 Å². The molecule has 1 fully saturated rings. The van der Waals surface area contributed by atoms with E-state index >= 15 is 0 Å². The van der Waals surface area contributed by atoms with Crippen molar-refractivity contribution in [2.75, 3.05) is 0 Å². The standard InChI is InChI=1S/C8H5F11.K.H/c1-2-3(9)4(10,11)6(14,15)8(18,19)7(16,17)5(3,12)13;;/h2H2,1H3;;. The van der Waals surface area contributed by atoms with Crippen LogP contribution >= 0.6 is 0 Å². The van der Waals surface area contributed by atoms with E-state index in [2.05, 4.69) is 0 Å². The second kappa shape index (κ2) is 4.93. The van der Waals surface area contributed by atoms with Gasteiger partial charge >= 0.3 is 81.0 Å². The Bertz CT molecular complexity index is 358. The van der Waals surface area contributed by atoms with Gasteiger partial charge in [-0.15, -0.1) is 0 Å². The first kappa shape index (κ1) is 20.9. The summed E-state index contributed by atoms with van der Waals surface area (Å²) in [5.74, 6) is -34.4. The minimum absolute atomic E-state index is 0. The molecular formula is C8H6F11K. The molecular weight excluding hydrogens is 344 g/mol. The predicted molar refractivity (Wildman–Crippen MR) is 46.0 cm³/mol. The van der Waals surface area contributed by atoms with Gasteiger partial charge in [-0.05, 0) is 6.42 Å². The van der Waals surface area contributed by atoms with E-state index in [-0.39, 0.29) is 58.3 Å². The van der Waals surface area contributed by atoms with Crippen LogP contribution in [-0.4, -0.2) is 86.7 Å². The Morgan fingerprint density at radius 3 is 0.900 bits per heavy atom. The van der Waals surface area contributed by atoms with Crippen molar-refractivity contribution < 1.29 is 48.3 Å². The van der Waals surface area contributed by atoms with Gasteiger partial charge in [0.2, 0.25) is 5.67 Å². The topological polar surface area (TPSA) is 0 Å². The monoisotopic (exact) mass is 350 g/mol. The Morgan fingerprint density at radius 2 is 0.700 bits per heavy atom. The number of hydrogen-bond acceptors (Lipinski definition) is 0. The van der Waals surface area contributed by atoms with Crippen LogP contribution in [0.5, 0.6) is 0 Å². The van der Waals surface area contributed by atoms with E-state index in [1.54, 1.807) is 0 Å². The van der Waals surface area contributed by atoms with Gasteiger partial charge in [-0.25, -0.2) is 4.39 Å². The van der Waals surface area contributed by atoms with Crippen molar-refractivity contribution in [1.82, 2.24) is 0 Å². The van der Waals surface area contributed by atoms with Crippen molar-refractivity contribution in [1.29, 1.82) is 0 Å². The molecule has 0 aromatic heterocycles. The van der Waals surface area contributed by atoms with Crippen molar-refractivity contribution in [3.8, 4) is 0 Å². The molecule has 12 heteroatoms. The molecule has 1 aliphatic rings. The number of halogens is 11. The predicted octanol–water partition coefficient (Wildman–Crippen LogP) is 3.65. The Balaban J connectivity index is 0.00000361. The summed E-state index contributed by atoms with van der Waals surface area (Å²) in [6.45, 7) is 0.136. The Labute approximate surface area is 147 Å². The average Bonchev–Trinajstić information content (AvgIpc) is 2.24. The summed E-state index contributed by atoms with van der Waals surface area (Å²) in [4.78, 5) is 0. The first-order chi connectivity index (χ1) is 8.06. The molecule has 0 amide bonds. The van der Waals surface area contributed by atoms with E-state index in [4.69, 9.17) is 0 Å². The van der Waals surface area contributed by atoms with Gasteiger partial charge in [-0.2, -0.15) is 43.9 Å². The normalized spacial score (nSPS) is 31.2. The summed E-state index contributed by atoms with van der Waals surface area (Å²) in [5.41, 5.74) is -5.81. The van der Waals surface area contributed by atoms with Gasteiger partial charge in [-0.3, -0.25) is 0 Å². The zero-order chi connectivity index (χ0) is 15.7. The van der Waals surface area contributed by atoms with Crippen molar-refractivity contribution in [2.45, 2.75) is 48.6 Å². The summed E-state index contributed by atoms with van der Waals surface area (Å²) in [6, 6.07) is 0. The molecule has 0 saturated heterocycles. The quantitative estimate of drug-likeness (QED) is 0.500. The number of alkyl halides is 11. The summed E-state index contributed by atoms with van der Waals surface area (Å²) in [6.07, 6.45) is -2.21. The van der Waals surface area contributed by atoms with Gasteiger partial charge in [-0.1, -0.05) is 6.92 Å². The van der Waals surface area contributed by atoms with E-state index in [1.807, 2.05) is 0 Å². The van der Waals surface area contributed by atoms with Crippen LogP contribution in [-0.2, 0) is 0 Å². The van der Waals surface area contributed by atoms with Crippen LogP contribution in [0.2, 0.25) is 0 Å². The molecule has 1 rings (SSSR count). The van der Waals surface area contributed by atoms with Gasteiger partial charge < -0.3 is 0 Å². The van der Waals surface area contributed by atoms with E-state index in [0.29, 0.717) is 0 Å². The molecule has 0 aliphatic heterocycles. The molecule has 1 saturated carbocycles. The Morgan fingerprint density at radius 1 is 0.500 bits per heavy atom. The van der Waals surface area contributed by atoms with Crippen LogP contribution in [0.1, 0.15) is 13.3 Å². The molecule has 0 radical (unpaired) electrons. The fourth-order valence-electron chi connectivity index (χ4n) is 1.73. The van der Waals surface area contributed by atoms with Gasteiger partial charge in [0, 0.05) is 0 Å². The summed E-state index contributed by atoms with van der Waals surface area (Å²) >= 11 is 0. The molecule has 0 N–H and O–H groups in total. The molecule has 0 aromatic carbocycles. The number of rotatable bonds is 1. The Hall–Kier alpha value is 0.866. The van der Waals surface area contributed by atoms with E-state index in [1.165, 1.54) is 0 Å². The molecule has 0 unspecified atom stereocenters. The van der Waals surface area contributed by atoms with Gasteiger partial charge in [0.25, 0.3) is 0 Å². The van der Waals surface area contributed by atoms with Gasteiger partial charge in [0.05, 0.1) is 0 Å². The third kappa shape index (κ3) is 1.80. The first-order valence-corrected chi connectivity index (χ1v) is 4.64. The average molecular weight is 350 g/mol. The molecule has 0 heterocycles. The molecule has 0 spiro atoms. The van der Waals surface area contributed by atoms with Crippen molar-refractivity contribution in [2.24, 2.45) is 0 Å². The number of hydrogen-bond donors (Lipinski definition) is 0. The summed E-state index contributed by atoms with van der Waals surface area (Å²) < 4.78 is 141. The molecule has 0 atom stereocenters. The summed E-state index contributed by atoms with van der Waals surface area (Å²) in [7, 11) is 0. The van der Waals surface area contributed by atoms with Crippen LogP contribution in [0.4, 0.5) is 48.3 Å². The maximum absolute atomic E-state index is 13.4. The van der Waals surface area contributed by atoms with Crippen molar-refractivity contribution in [3.63, 3.8) is 0 Å². The fraction of sp³-hybridized carbons (Fsp3) is 1.00. The maximum atomic E-state index is 13.4. The first-order valence-electron chi connectivity index (χ1n) is 4.64.